The Morgan fingerprint density at radius 3 is 1.92 bits per heavy atom. The zero-order valence-corrected chi connectivity index (χ0v) is 13.7. The van der Waals surface area contributed by atoms with Crippen molar-refractivity contribution < 1.29 is 13.6 Å². The van der Waals surface area contributed by atoms with Crippen molar-refractivity contribution in [3.05, 3.63) is 71.3 Å². The van der Waals surface area contributed by atoms with Gasteiger partial charge in [0.1, 0.15) is 11.6 Å². The molecule has 2 rings (SSSR count). The summed E-state index contributed by atoms with van der Waals surface area (Å²) in [6.07, 6.45) is 1.55. The molecule has 0 spiro atoms. The van der Waals surface area contributed by atoms with Gasteiger partial charge < -0.3 is 10.6 Å². The summed E-state index contributed by atoms with van der Waals surface area (Å²) in [6, 6.07) is 12.7. The number of hydrogen-bond acceptors (Lipinski definition) is 2. The van der Waals surface area contributed by atoms with Crippen molar-refractivity contribution in [1.82, 2.24) is 10.6 Å². The van der Waals surface area contributed by atoms with Crippen molar-refractivity contribution in [3.8, 4) is 0 Å². The summed E-state index contributed by atoms with van der Waals surface area (Å²) in [7, 11) is 1.72. The minimum Gasteiger partial charge on any atom is -0.355 e. The maximum atomic E-state index is 13.2. The summed E-state index contributed by atoms with van der Waals surface area (Å²) >= 11 is 0. The van der Waals surface area contributed by atoms with Crippen LogP contribution in [-0.4, -0.2) is 26.0 Å². The molecule has 0 fully saturated rings. The van der Waals surface area contributed by atoms with Gasteiger partial charge in [0.05, 0.1) is 6.54 Å². The van der Waals surface area contributed by atoms with Gasteiger partial charge in [-0.15, -0.1) is 0 Å². The highest BCUT2D eigenvalue weighted by Gasteiger charge is 2.14. The Morgan fingerprint density at radius 2 is 1.46 bits per heavy atom. The Balaban J connectivity index is 2.04. The zero-order chi connectivity index (χ0) is 17.4. The number of hydrogen-bond donors (Lipinski definition) is 2. The predicted octanol–water partition coefficient (Wildman–Crippen LogP) is 3.21. The molecule has 0 heterocycles. The van der Waals surface area contributed by atoms with Crippen LogP contribution in [0.3, 0.4) is 0 Å². The van der Waals surface area contributed by atoms with Crippen molar-refractivity contribution in [2.75, 3.05) is 20.1 Å². The topological polar surface area (TPSA) is 41.1 Å². The molecule has 0 bridgehead atoms. The molecule has 2 aromatic rings. The van der Waals surface area contributed by atoms with E-state index in [-0.39, 0.29) is 23.5 Å². The number of likely N-dealkylation sites (N-methyl/N-ethyl adjacent to an activating group) is 1. The van der Waals surface area contributed by atoms with E-state index in [2.05, 4.69) is 10.6 Å². The van der Waals surface area contributed by atoms with Crippen molar-refractivity contribution in [1.29, 1.82) is 0 Å². The van der Waals surface area contributed by atoms with E-state index in [9.17, 15) is 13.6 Å². The molecule has 2 aromatic carbocycles. The molecule has 0 unspecified atom stereocenters. The lowest BCUT2D eigenvalue weighted by Crippen LogP contribution is -2.32. The summed E-state index contributed by atoms with van der Waals surface area (Å²) in [5.41, 5.74) is 1.95. The molecule has 128 valence electrons. The first kappa shape index (κ1) is 18.1. The fourth-order valence-corrected chi connectivity index (χ4v) is 2.67. The number of rotatable bonds is 8. The van der Waals surface area contributed by atoms with Gasteiger partial charge in [-0.05, 0) is 55.3 Å². The number of halogens is 2. The van der Waals surface area contributed by atoms with Crippen molar-refractivity contribution in [2.45, 2.75) is 18.8 Å². The summed E-state index contributed by atoms with van der Waals surface area (Å²) in [5.74, 6) is -0.572. The van der Waals surface area contributed by atoms with Crippen LogP contribution >= 0.6 is 0 Å². The molecule has 3 nitrogen and oxygen atoms in total. The SMILES string of the molecule is CNCC(=O)NCCCC(c1ccc(F)cc1)c1ccc(F)cc1. The molecular formula is C19H22F2N2O. The van der Waals surface area contributed by atoms with E-state index in [0.717, 1.165) is 24.0 Å². The van der Waals surface area contributed by atoms with Crippen LogP contribution in [0.15, 0.2) is 48.5 Å². The Labute approximate surface area is 141 Å². The van der Waals surface area contributed by atoms with Crippen molar-refractivity contribution >= 4 is 5.91 Å². The quantitative estimate of drug-likeness (QED) is 0.729. The molecule has 0 radical (unpaired) electrons. The van der Waals surface area contributed by atoms with Crippen LogP contribution < -0.4 is 10.6 Å². The maximum Gasteiger partial charge on any atom is 0.233 e. The summed E-state index contributed by atoms with van der Waals surface area (Å²) in [6.45, 7) is 0.860. The molecule has 0 saturated carbocycles. The van der Waals surface area contributed by atoms with Crippen LogP contribution in [0.25, 0.3) is 0 Å². The largest absolute Gasteiger partial charge is 0.355 e. The highest BCUT2D eigenvalue weighted by Crippen LogP contribution is 2.29. The normalized spacial score (nSPS) is 10.8. The second kappa shape index (κ2) is 9.13. The van der Waals surface area contributed by atoms with E-state index in [1.165, 1.54) is 24.3 Å². The van der Waals surface area contributed by atoms with Gasteiger partial charge in [0, 0.05) is 12.5 Å². The van der Waals surface area contributed by atoms with E-state index in [0.29, 0.717) is 13.1 Å². The lowest BCUT2D eigenvalue weighted by Gasteiger charge is -2.18. The van der Waals surface area contributed by atoms with E-state index >= 15 is 0 Å². The fourth-order valence-electron chi connectivity index (χ4n) is 2.67. The highest BCUT2D eigenvalue weighted by molar-refractivity contribution is 5.77. The zero-order valence-electron chi connectivity index (χ0n) is 13.7. The number of benzene rings is 2. The van der Waals surface area contributed by atoms with Gasteiger partial charge in [-0.3, -0.25) is 4.79 Å². The highest BCUT2D eigenvalue weighted by atomic mass is 19.1. The van der Waals surface area contributed by atoms with Crippen molar-refractivity contribution in [3.63, 3.8) is 0 Å². The average Bonchev–Trinajstić information content (AvgIpc) is 2.57. The van der Waals surface area contributed by atoms with Crippen LogP contribution in [0, 0.1) is 11.6 Å². The second-order valence-corrected chi connectivity index (χ2v) is 5.68. The van der Waals surface area contributed by atoms with Gasteiger partial charge in [-0.25, -0.2) is 8.78 Å². The molecule has 0 saturated heterocycles. The van der Waals surface area contributed by atoms with Gasteiger partial charge in [0.2, 0.25) is 5.91 Å². The minimum atomic E-state index is -0.282. The van der Waals surface area contributed by atoms with Crippen LogP contribution in [0.4, 0.5) is 8.78 Å². The van der Waals surface area contributed by atoms with Gasteiger partial charge in [-0.2, -0.15) is 0 Å². The summed E-state index contributed by atoms with van der Waals surface area (Å²) < 4.78 is 26.3. The van der Waals surface area contributed by atoms with Gasteiger partial charge in [-0.1, -0.05) is 24.3 Å². The Kier molecular flexibility index (Phi) is 6.88. The summed E-state index contributed by atoms with van der Waals surface area (Å²) in [5, 5.41) is 5.64. The third-order valence-electron chi connectivity index (χ3n) is 3.87. The standard InChI is InChI=1S/C19H22F2N2O/c1-22-13-19(24)23-12-2-3-18(14-4-8-16(20)9-5-14)15-6-10-17(21)11-7-15/h4-11,18,22H,2-3,12-13H2,1H3,(H,23,24). The minimum absolute atomic E-state index is 0.0346. The molecule has 0 atom stereocenters. The van der Waals surface area contributed by atoms with Crippen LogP contribution in [-0.2, 0) is 4.79 Å². The lowest BCUT2D eigenvalue weighted by molar-refractivity contribution is -0.120. The molecule has 0 aliphatic carbocycles. The van der Waals surface area contributed by atoms with Gasteiger partial charge in [0.25, 0.3) is 0 Å². The molecule has 5 heteroatoms. The number of carbonyl (C=O) groups excluding carboxylic acids is 1. The molecule has 2 N–H and O–H groups in total. The average molecular weight is 332 g/mol. The van der Waals surface area contributed by atoms with Crippen LogP contribution in [0.1, 0.15) is 29.9 Å². The monoisotopic (exact) mass is 332 g/mol. The van der Waals surface area contributed by atoms with Crippen LogP contribution in [0.2, 0.25) is 0 Å². The summed E-state index contributed by atoms with van der Waals surface area (Å²) in [4.78, 5) is 11.4. The van der Waals surface area contributed by atoms with Gasteiger partial charge in [0.15, 0.2) is 0 Å². The van der Waals surface area contributed by atoms with Crippen molar-refractivity contribution in [2.24, 2.45) is 0 Å². The lowest BCUT2D eigenvalue weighted by atomic mass is 9.87. The number of carbonyl (C=O) groups is 1. The van der Waals surface area contributed by atoms with Crippen LogP contribution in [0.5, 0.6) is 0 Å². The van der Waals surface area contributed by atoms with Gasteiger partial charge >= 0.3 is 0 Å². The molecule has 0 aliphatic heterocycles. The third kappa shape index (κ3) is 5.42. The molecule has 1 amide bonds. The Morgan fingerprint density at radius 1 is 0.958 bits per heavy atom. The molecular weight excluding hydrogens is 310 g/mol. The molecule has 0 aromatic heterocycles. The number of amides is 1. The molecule has 0 aliphatic rings. The fraction of sp³-hybridized carbons (Fsp3) is 0.316. The smallest absolute Gasteiger partial charge is 0.233 e. The first-order chi connectivity index (χ1) is 11.6. The predicted molar refractivity (Wildman–Crippen MR) is 90.8 cm³/mol. The Bertz CT molecular complexity index is 596. The third-order valence-corrected chi connectivity index (χ3v) is 3.87. The van der Waals surface area contributed by atoms with E-state index in [1.54, 1.807) is 31.3 Å². The second-order valence-electron chi connectivity index (χ2n) is 5.68. The van der Waals surface area contributed by atoms with E-state index < -0.39 is 0 Å². The Hall–Kier alpha value is -2.27. The van der Waals surface area contributed by atoms with E-state index in [4.69, 9.17) is 0 Å². The molecule has 24 heavy (non-hydrogen) atoms. The van der Waals surface area contributed by atoms with E-state index in [1.807, 2.05) is 0 Å². The maximum absolute atomic E-state index is 13.2. The number of nitrogens with one attached hydrogen (secondary N) is 2. The first-order valence-corrected chi connectivity index (χ1v) is 8.02. The first-order valence-electron chi connectivity index (χ1n) is 8.02.